The molecule has 24 heavy (non-hydrogen) atoms. The number of carbonyl (C=O) groups is 1. The van der Waals surface area contributed by atoms with Gasteiger partial charge in [0.2, 0.25) is 5.91 Å². The lowest BCUT2D eigenvalue weighted by molar-refractivity contribution is -0.123. The molecule has 5 heteroatoms. The minimum Gasteiger partial charge on any atom is -0.373 e. The van der Waals surface area contributed by atoms with Crippen molar-refractivity contribution in [2.45, 2.75) is 50.7 Å². The number of hydrogen-bond acceptors (Lipinski definition) is 3. The molecule has 2 fully saturated rings. The third-order valence-electron chi connectivity index (χ3n) is 5.01. The third kappa shape index (κ3) is 3.95. The quantitative estimate of drug-likeness (QED) is 0.813. The molecular formula is C19H27FN2O2. The summed E-state index contributed by atoms with van der Waals surface area (Å²) in [6.45, 7) is 7.77. The minimum absolute atomic E-state index is 0.0813. The number of halogens is 1. The Hall–Kier alpha value is -1.46. The molecule has 0 unspecified atom stereocenters. The van der Waals surface area contributed by atoms with Crippen LogP contribution in [0.1, 0.15) is 38.7 Å². The van der Waals surface area contributed by atoms with Crippen molar-refractivity contribution in [3.05, 3.63) is 35.6 Å². The van der Waals surface area contributed by atoms with Crippen LogP contribution >= 0.6 is 0 Å². The molecule has 1 aliphatic heterocycles. The van der Waals surface area contributed by atoms with E-state index < -0.39 is 5.41 Å². The number of nitrogens with one attached hydrogen (secondary N) is 1. The summed E-state index contributed by atoms with van der Waals surface area (Å²) in [4.78, 5) is 14.9. The first-order chi connectivity index (χ1) is 11.5. The van der Waals surface area contributed by atoms with Gasteiger partial charge in [-0.3, -0.25) is 9.69 Å². The average molecular weight is 334 g/mol. The molecule has 1 aliphatic carbocycles. The second-order valence-electron chi connectivity index (χ2n) is 7.22. The molecule has 2 atom stereocenters. The van der Waals surface area contributed by atoms with Crippen LogP contribution in [-0.2, 0) is 14.9 Å². The Morgan fingerprint density at radius 3 is 2.46 bits per heavy atom. The largest absolute Gasteiger partial charge is 0.373 e. The lowest BCUT2D eigenvalue weighted by atomic mass is 9.95. The van der Waals surface area contributed by atoms with Crippen molar-refractivity contribution in [3.63, 3.8) is 0 Å². The first-order valence-electron chi connectivity index (χ1n) is 8.92. The van der Waals surface area contributed by atoms with E-state index in [0.29, 0.717) is 6.54 Å². The molecule has 1 aromatic rings. The highest BCUT2D eigenvalue weighted by Gasteiger charge is 2.50. The summed E-state index contributed by atoms with van der Waals surface area (Å²) in [6.07, 6.45) is 3.18. The fourth-order valence-electron chi connectivity index (χ4n) is 3.68. The zero-order valence-corrected chi connectivity index (χ0v) is 14.6. The number of carbonyl (C=O) groups excluding carboxylic acids is 1. The molecular weight excluding hydrogens is 307 g/mol. The van der Waals surface area contributed by atoms with Crippen LogP contribution in [0.5, 0.6) is 0 Å². The SMILES string of the molecule is C[C@@H]1CN(CCCNC(=O)C2(c3ccc(F)cc3)CC2)C[C@@H](C)O1. The van der Waals surface area contributed by atoms with Crippen LogP contribution in [0.25, 0.3) is 0 Å². The Bertz CT molecular complexity index is 561. The van der Waals surface area contributed by atoms with E-state index >= 15 is 0 Å². The Morgan fingerprint density at radius 1 is 1.25 bits per heavy atom. The van der Waals surface area contributed by atoms with Crippen LogP contribution in [0.4, 0.5) is 4.39 Å². The summed E-state index contributed by atoms with van der Waals surface area (Å²) in [7, 11) is 0. The van der Waals surface area contributed by atoms with E-state index in [-0.39, 0.29) is 23.9 Å². The predicted octanol–water partition coefficient (Wildman–Crippen LogP) is 2.47. The van der Waals surface area contributed by atoms with Gasteiger partial charge < -0.3 is 10.1 Å². The Balaban J connectivity index is 1.43. The zero-order valence-electron chi connectivity index (χ0n) is 14.6. The number of hydrogen-bond donors (Lipinski definition) is 1. The second kappa shape index (κ2) is 7.19. The third-order valence-corrected chi connectivity index (χ3v) is 5.01. The number of amides is 1. The summed E-state index contributed by atoms with van der Waals surface area (Å²) in [5.41, 5.74) is 0.507. The molecule has 1 saturated heterocycles. The fraction of sp³-hybridized carbons (Fsp3) is 0.632. The Morgan fingerprint density at radius 2 is 1.88 bits per heavy atom. The van der Waals surface area contributed by atoms with E-state index in [1.54, 1.807) is 12.1 Å². The summed E-state index contributed by atoms with van der Waals surface area (Å²) < 4.78 is 18.8. The van der Waals surface area contributed by atoms with Crippen LogP contribution in [-0.4, -0.2) is 49.2 Å². The predicted molar refractivity (Wildman–Crippen MR) is 91.4 cm³/mol. The maximum atomic E-state index is 13.1. The van der Waals surface area contributed by atoms with Crippen LogP contribution in [0.15, 0.2) is 24.3 Å². The number of nitrogens with zero attached hydrogens (tertiary/aromatic N) is 1. The highest BCUT2D eigenvalue weighted by Crippen LogP contribution is 2.48. The molecule has 1 heterocycles. The summed E-state index contributed by atoms with van der Waals surface area (Å²) in [5, 5.41) is 3.07. The van der Waals surface area contributed by atoms with Crippen molar-refractivity contribution in [2.75, 3.05) is 26.2 Å². The monoisotopic (exact) mass is 334 g/mol. The molecule has 1 amide bonds. The molecule has 2 aliphatic rings. The molecule has 0 aromatic heterocycles. The van der Waals surface area contributed by atoms with E-state index in [0.717, 1.165) is 44.5 Å². The molecule has 1 saturated carbocycles. The van der Waals surface area contributed by atoms with Gasteiger partial charge in [0.15, 0.2) is 0 Å². The van der Waals surface area contributed by atoms with Crippen molar-refractivity contribution >= 4 is 5.91 Å². The van der Waals surface area contributed by atoms with Gasteiger partial charge in [0.1, 0.15) is 5.82 Å². The topological polar surface area (TPSA) is 41.6 Å². The van der Waals surface area contributed by atoms with Gasteiger partial charge >= 0.3 is 0 Å². The summed E-state index contributed by atoms with van der Waals surface area (Å²) in [6, 6.07) is 6.34. The van der Waals surface area contributed by atoms with E-state index in [4.69, 9.17) is 4.74 Å². The van der Waals surface area contributed by atoms with Crippen LogP contribution in [0.3, 0.4) is 0 Å². The van der Waals surface area contributed by atoms with Crippen molar-refractivity contribution < 1.29 is 13.9 Å². The Kier molecular flexibility index (Phi) is 5.21. The normalized spacial score (nSPS) is 26.1. The molecule has 1 N–H and O–H groups in total. The molecule has 1 aromatic carbocycles. The van der Waals surface area contributed by atoms with E-state index in [1.165, 1.54) is 12.1 Å². The van der Waals surface area contributed by atoms with Crippen LogP contribution < -0.4 is 5.32 Å². The van der Waals surface area contributed by atoms with Gasteiger partial charge in [-0.2, -0.15) is 0 Å². The number of ether oxygens (including phenoxy) is 1. The molecule has 0 radical (unpaired) electrons. The lowest BCUT2D eigenvalue weighted by Gasteiger charge is -2.35. The first kappa shape index (κ1) is 17.4. The van der Waals surface area contributed by atoms with Gasteiger partial charge in [0, 0.05) is 26.2 Å². The molecule has 3 rings (SSSR count). The van der Waals surface area contributed by atoms with Gasteiger partial charge in [-0.25, -0.2) is 4.39 Å². The zero-order chi connectivity index (χ0) is 17.2. The van der Waals surface area contributed by atoms with Crippen molar-refractivity contribution in [1.29, 1.82) is 0 Å². The van der Waals surface area contributed by atoms with Crippen molar-refractivity contribution in [2.24, 2.45) is 0 Å². The molecule has 132 valence electrons. The van der Waals surface area contributed by atoms with Crippen molar-refractivity contribution in [3.8, 4) is 0 Å². The summed E-state index contributed by atoms with van der Waals surface area (Å²) in [5.74, 6) is -0.179. The smallest absolute Gasteiger partial charge is 0.230 e. The standard InChI is InChI=1S/C19H27FN2O2/c1-14-12-22(13-15(2)24-14)11-3-10-21-18(23)19(8-9-19)16-4-6-17(20)7-5-16/h4-7,14-15H,3,8-13H2,1-2H3,(H,21,23)/t14-,15-/m1/s1. The molecule has 4 nitrogen and oxygen atoms in total. The minimum atomic E-state index is -0.421. The first-order valence-corrected chi connectivity index (χ1v) is 8.92. The number of morpholine rings is 1. The van der Waals surface area contributed by atoms with Crippen molar-refractivity contribution in [1.82, 2.24) is 10.2 Å². The van der Waals surface area contributed by atoms with Gasteiger partial charge in [-0.1, -0.05) is 12.1 Å². The van der Waals surface area contributed by atoms with E-state index in [2.05, 4.69) is 24.1 Å². The molecule has 0 bridgehead atoms. The molecule has 0 spiro atoms. The van der Waals surface area contributed by atoms with Gasteiger partial charge in [-0.05, 0) is 50.8 Å². The van der Waals surface area contributed by atoms with Gasteiger partial charge in [-0.15, -0.1) is 0 Å². The number of benzene rings is 1. The van der Waals surface area contributed by atoms with Gasteiger partial charge in [0.05, 0.1) is 17.6 Å². The van der Waals surface area contributed by atoms with Crippen LogP contribution in [0.2, 0.25) is 0 Å². The van der Waals surface area contributed by atoms with Gasteiger partial charge in [0.25, 0.3) is 0 Å². The number of rotatable bonds is 6. The van der Waals surface area contributed by atoms with Crippen LogP contribution in [0, 0.1) is 5.82 Å². The summed E-state index contributed by atoms with van der Waals surface area (Å²) >= 11 is 0. The lowest BCUT2D eigenvalue weighted by Crippen LogP contribution is -2.46. The van der Waals surface area contributed by atoms with E-state index in [1.807, 2.05) is 0 Å². The fourth-order valence-corrected chi connectivity index (χ4v) is 3.68. The average Bonchev–Trinajstić information content (AvgIpc) is 3.33. The highest BCUT2D eigenvalue weighted by molar-refractivity contribution is 5.91. The highest BCUT2D eigenvalue weighted by atomic mass is 19.1. The maximum absolute atomic E-state index is 13.1. The maximum Gasteiger partial charge on any atom is 0.230 e. The Labute approximate surface area is 143 Å². The second-order valence-corrected chi connectivity index (χ2v) is 7.22. The van der Waals surface area contributed by atoms with E-state index in [9.17, 15) is 9.18 Å².